The Labute approximate surface area is 214 Å². The Morgan fingerprint density at radius 3 is 2.28 bits per heavy atom. The Kier molecular flexibility index (Phi) is 5.47. The zero-order valence-electron chi connectivity index (χ0n) is 19.8. The molecule has 3 amide bonds. The van der Waals surface area contributed by atoms with Gasteiger partial charge in [0.05, 0.1) is 22.5 Å². The number of amides is 3. The summed E-state index contributed by atoms with van der Waals surface area (Å²) in [6.07, 6.45) is 1.09. The lowest BCUT2D eigenvalue weighted by atomic mass is 9.76. The van der Waals surface area contributed by atoms with Crippen molar-refractivity contribution in [3.63, 3.8) is 0 Å². The minimum atomic E-state index is -1.34. The van der Waals surface area contributed by atoms with Crippen LogP contribution in [0.4, 0.5) is 5.69 Å². The molecule has 0 aromatic heterocycles. The number of aryl methyl sites for hydroxylation is 1. The molecule has 2 N–H and O–H groups in total. The van der Waals surface area contributed by atoms with Crippen LogP contribution in [0.2, 0.25) is 5.02 Å². The molecule has 3 heterocycles. The van der Waals surface area contributed by atoms with Gasteiger partial charge in [-0.3, -0.25) is 24.6 Å². The SMILES string of the molecule is Cc1cc(Cl)c2c(c1)[C@@]1(N[C@@H](Cc3ccccc3)[C@H]3C(=O)N(CCc4ccccc4)C(=O)[C@@H]31)C(=O)N2. The first-order valence-electron chi connectivity index (χ1n) is 12.2. The second-order valence-electron chi connectivity index (χ2n) is 9.94. The van der Waals surface area contributed by atoms with E-state index >= 15 is 0 Å². The number of nitrogens with zero attached hydrogens (tertiary/aromatic N) is 1. The molecule has 0 saturated carbocycles. The van der Waals surface area contributed by atoms with Crippen LogP contribution in [-0.2, 0) is 32.8 Å². The van der Waals surface area contributed by atoms with Gasteiger partial charge in [0.1, 0.15) is 5.54 Å². The average Bonchev–Trinajstić information content (AvgIpc) is 3.44. The number of nitrogens with one attached hydrogen (secondary N) is 2. The number of rotatable bonds is 5. The first kappa shape index (κ1) is 23.0. The number of anilines is 1. The molecule has 0 bridgehead atoms. The molecule has 6 nitrogen and oxygen atoms in total. The van der Waals surface area contributed by atoms with Crippen molar-refractivity contribution in [2.75, 3.05) is 11.9 Å². The third-order valence-corrected chi connectivity index (χ3v) is 8.07. The third-order valence-electron chi connectivity index (χ3n) is 7.78. The van der Waals surface area contributed by atoms with Crippen LogP contribution in [0.25, 0.3) is 0 Å². The van der Waals surface area contributed by atoms with E-state index in [-0.39, 0.29) is 30.3 Å². The summed E-state index contributed by atoms with van der Waals surface area (Å²) in [7, 11) is 0. The maximum absolute atomic E-state index is 14.0. The molecule has 0 radical (unpaired) electrons. The molecule has 36 heavy (non-hydrogen) atoms. The van der Waals surface area contributed by atoms with Crippen molar-refractivity contribution in [2.45, 2.75) is 31.3 Å². The van der Waals surface area contributed by atoms with Gasteiger partial charge in [-0.05, 0) is 42.5 Å². The molecule has 3 aliphatic heterocycles. The average molecular weight is 500 g/mol. The van der Waals surface area contributed by atoms with Crippen LogP contribution in [0.3, 0.4) is 0 Å². The van der Waals surface area contributed by atoms with Crippen LogP contribution in [-0.4, -0.2) is 35.2 Å². The van der Waals surface area contributed by atoms with Crippen LogP contribution >= 0.6 is 11.6 Å². The highest BCUT2D eigenvalue weighted by Gasteiger charge is 2.70. The van der Waals surface area contributed by atoms with E-state index in [2.05, 4.69) is 10.6 Å². The smallest absolute Gasteiger partial charge is 0.250 e. The summed E-state index contributed by atoms with van der Waals surface area (Å²) >= 11 is 6.52. The summed E-state index contributed by atoms with van der Waals surface area (Å²) in [6, 6.07) is 22.9. The van der Waals surface area contributed by atoms with E-state index in [0.29, 0.717) is 29.1 Å². The van der Waals surface area contributed by atoms with E-state index in [4.69, 9.17) is 11.6 Å². The number of carbonyl (C=O) groups is 3. The fourth-order valence-electron chi connectivity index (χ4n) is 6.20. The fourth-order valence-corrected chi connectivity index (χ4v) is 6.52. The summed E-state index contributed by atoms with van der Waals surface area (Å²) < 4.78 is 0. The molecule has 2 fully saturated rings. The molecule has 3 aromatic rings. The Balaban J connectivity index is 1.42. The van der Waals surface area contributed by atoms with Crippen molar-refractivity contribution >= 4 is 35.0 Å². The summed E-state index contributed by atoms with van der Waals surface area (Å²) in [4.78, 5) is 42.8. The second kappa shape index (κ2) is 8.57. The molecule has 7 heteroatoms. The molecule has 0 unspecified atom stereocenters. The molecule has 4 atom stereocenters. The highest BCUT2D eigenvalue weighted by atomic mass is 35.5. The van der Waals surface area contributed by atoms with Gasteiger partial charge in [-0.1, -0.05) is 78.3 Å². The van der Waals surface area contributed by atoms with Crippen molar-refractivity contribution in [1.29, 1.82) is 0 Å². The summed E-state index contributed by atoms with van der Waals surface area (Å²) in [5.74, 6) is -2.34. The van der Waals surface area contributed by atoms with Gasteiger partial charge in [0.2, 0.25) is 17.7 Å². The number of imide groups is 1. The Morgan fingerprint density at radius 2 is 1.58 bits per heavy atom. The zero-order chi connectivity index (χ0) is 25.0. The van der Waals surface area contributed by atoms with Gasteiger partial charge in [0.15, 0.2) is 0 Å². The predicted octanol–water partition coefficient (Wildman–Crippen LogP) is 3.85. The lowest BCUT2D eigenvalue weighted by molar-refractivity contribution is -0.142. The Morgan fingerprint density at radius 1 is 0.917 bits per heavy atom. The molecular formula is C29H26ClN3O3. The number of carbonyl (C=O) groups excluding carboxylic acids is 3. The summed E-state index contributed by atoms with van der Waals surface area (Å²) in [6.45, 7) is 2.19. The van der Waals surface area contributed by atoms with Crippen LogP contribution in [0.1, 0.15) is 22.3 Å². The normalized spacial score (nSPS) is 26.4. The van der Waals surface area contributed by atoms with Crippen molar-refractivity contribution in [3.8, 4) is 0 Å². The van der Waals surface area contributed by atoms with E-state index in [1.54, 1.807) is 6.07 Å². The maximum atomic E-state index is 14.0. The van der Waals surface area contributed by atoms with Crippen LogP contribution in [0.15, 0.2) is 72.8 Å². The standard InChI is InChI=1S/C29H26ClN3O3/c1-17-14-20-25(21(30)15-17)31-28(36)29(20)24-23(22(32-29)16-19-10-6-3-7-11-19)26(34)33(27(24)35)13-12-18-8-4-2-5-9-18/h2-11,14-15,22-24,32H,12-13,16H2,1H3,(H,31,36)/t22-,23+,24+,29-/m0/s1. The van der Waals surface area contributed by atoms with Gasteiger partial charge in [-0.15, -0.1) is 0 Å². The van der Waals surface area contributed by atoms with Gasteiger partial charge < -0.3 is 5.32 Å². The summed E-state index contributed by atoms with van der Waals surface area (Å²) in [5, 5.41) is 6.84. The molecule has 3 aliphatic rings. The Hall–Kier alpha value is -3.48. The van der Waals surface area contributed by atoms with Gasteiger partial charge in [-0.2, -0.15) is 0 Å². The lowest BCUT2D eigenvalue weighted by Gasteiger charge is -2.30. The quantitative estimate of drug-likeness (QED) is 0.523. The highest BCUT2D eigenvalue weighted by molar-refractivity contribution is 6.35. The molecule has 0 aliphatic carbocycles. The number of hydrogen-bond donors (Lipinski definition) is 2. The monoisotopic (exact) mass is 499 g/mol. The second-order valence-corrected chi connectivity index (χ2v) is 10.3. The van der Waals surface area contributed by atoms with E-state index in [1.807, 2.05) is 73.7 Å². The van der Waals surface area contributed by atoms with Gasteiger partial charge in [0.25, 0.3) is 0 Å². The van der Waals surface area contributed by atoms with Gasteiger partial charge >= 0.3 is 0 Å². The maximum Gasteiger partial charge on any atom is 0.250 e. The fraction of sp³-hybridized carbons (Fsp3) is 0.276. The first-order valence-corrected chi connectivity index (χ1v) is 12.6. The minimum Gasteiger partial charge on any atom is -0.323 e. The zero-order valence-corrected chi connectivity index (χ0v) is 20.6. The molecule has 3 aromatic carbocycles. The number of likely N-dealkylation sites (tertiary alicyclic amines) is 1. The molecule has 182 valence electrons. The predicted molar refractivity (Wildman–Crippen MR) is 137 cm³/mol. The van der Waals surface area contributed by atoms with Crippen LogP contribution in [0.5, 0.6) is 0 Å². The minimum absolute atomic E-state index is 0.216. The van der Waals surface area contributed by atoms with E-state index in [9.17, 15) is 14.4 Å². The number of hydrogen-bond acceptors (Lipinski definition) is 4. The molecular weight excluding hydrogens is 474 g/mol. The van der Waals surface area contributed by atoms with Gasteiger partial charge in [0, 0.05) is 18.2 Å². The van der Waals surface area contributed by atoms with Crippen LogP contribution < -0.4 is 10.6 Å². The number of benzene rings is 3. The number of halogens is 1. The van der Waals surface area contributed by atoms with Crippen molar-refractivity contribution < 1.29 is 14.4 Å². The van der Waals surface area contributed by atoms with Crippen molar-refractivity contribution in [2.24, 2.45) is 11.8 Å². The van der Waals surface area contributed by atoms with E-state index < -0.39 is 17.4 Å². The topological polar surface area (TPSA) is 78.5 Å². The number of fused-ring (bicyclic) bond motifs is 4. The Bertz CT molecular complexity index is 1380. The van der Waals surface area contributed by atoms with E-state index in [0.717, 1.165) is 16.7 Å². The highest BCUT2D eigenvalue weighted by Crippen LogP contribution is 2.54. The molecule has 1 spiro atoms. The summed E-state index contributed by atoms with van der Waals surface area (Å²) in [5.41, 5.74) is 2.79. The third kappa shape index (κ3) is 3.39. The van der Waals surface area contributed by atoms with Crippen molar-refractivity contribution in [3.05, 3.63) is 100 Å². The molecule has 2 saturated heterocycles. The largest absolute Gasteiger partial charge is 0.323 e. The lowest BCUT2D eigenvalue weighted by Crippen LogP contribution is -2.53. The molecule has 6 rings (SSSR count). The van der Waals surface area contributed by atoms with Gasteiger partial charge in [-0.25, -0.2) is 0 Å². The van der Waals surface area contributed by atoms with E-state index in [1.165, 1.54) is 4.90 Å². The van der Waals surface area contributed by atoms with Crippen LogP contribution in [0, 0.1) is 18.8 Å². The first-order chi connectivity index (χ1) is 17.4. The van der Waals surface area contributed by atoms with Crippen molar-refractivity contribution in [1.82, 2.24) is 10.2 Å².